The normalized spacial score (nSPS) is 24.6. The Morgan fingerprint density at radius 1 is 0.889 bits per heavy atom. The highest BCUT2D eigenvalue weighted by Crippen LogP contribution is 2.45. The number of piperidine rings is 1. The average Bonchev–Trinajstić information content (AvgIpc) is 3.21. The van der Waals surface area contributed by atoms with Crippen LogP contribution in [0.15, 0.2) is 78.9 Å². The first-order chi connectivity index (χ1) is 17.6. The Balaban J connectivity index is 1.11. The zero-order chi connectivity index (χ0) is 24.5. The topological polar surface area (TPSA) is 68.2 Å². The van der Waals surface area contributed by atoms with Gasteiger partial charge in [0.25, 0.3) is 0 Å². The van der Waals surface area contributed by atoms with Crippen molar-refractivity contribution in [3.8, 4) is 16.9 Å². The molecule has 0 aromatic heterocycles. The molecule has 1 N–H and O–H groups in total. The van der Waals surface area contributed by atoms with Crippen LogP contribution in [0, 0.1) is 0 Å². The van der Waals surface area contributed by atoms with Crippen LogP contribution in [0.1, 0.15) is 36.3 Å². The van der Waals surface area contributed by atoms with Crippen LogP contribution in [-0.4, -0.2) is 60.2 Å². The number of carbonyl (C=O) groups is 1. The van der Waals surface area contributed by atoms with Crippen molar-refractivity contribution in [2.24, 2.45) is 0 Å². The van der Waals surface area contributed by atoms with Crippen LogP contribution in [0.2, 0.25) is 0 Å². The maximum absolute atomic E-state index is 13.3. The van der Waals surface area contributed by atoms with Crippen LogP contribution < -0.4 is 4.74 Å². The van der Waals surface area contributed by atoms with Gasteiger partial charge in [0.2, 0.25) is 0 Å². The maximum Gasteiger partial charge on any atom is 0.410 e. The van der Waals surface area contributed by atoms with E-state index in [4.69, 9.17) is 14.2 Å². The molecule has 6 nitrogen and oxygen atoms in total. The summed E-state index contributed by atoms with van der Waals surface area (Å²) in [7, 11) is 0. The standard InChI is InChI=1S/C30H31NO5/c32-29(36-20-28-26-12-6-4-10-24(26)25-11-5-7-13-27(25)28)31-21-16-30(33,17-22(31)19-34-18-21)14-15-35-23-8-2-1-3-9-23/h1-13,21-22,28,33H,14-20H2. The number of hydrogen-bond donors (Lipinski definition) is 1. The van der Waals surface area contributed by atoms with Gasteiger partial charge in [-0.25, -0.2) is 4.79 Å². The minimum atomic E-state index is -0.895. The summed E-state index contributed by atoms with van der Waals surface area (Å²) in [5.74, 6) is 0.815. The Bertz CT molecular complexity index is 1170. The number of rotatable bonds is 6. The van der Waals surface area contributed by atoms with Crippen LogP contribution in [0.4, 0.5) is 4.79 Å². The molecule has 3 aromatic carbocycles. The number of nitrogens with zero attached hydrogens (tertiary/aromatic N) is 1. The van der Waals surface area contributed by atoms with Gasteiger partial charge in [0.15, 0.2) is 0 Å². The Morgan fingerprint density at radius 3 is 2.11 bits per heavy atom. The summed E-state index contributed by atoms with van der Waals surface area (Å²) in [4.78, 5) is 15.2. The number of para-hydroxylation sites is 1. The van der Waals surface area contributed by atoms with E-state index in [0.29, 0.717) is 45.7 Å². The summed E-state index contributed by atoms with van der Waals surface area (Å²) in [6.45, 7) is 1.52. The number of carbonyl (C=O) groups excluding carboxylic acids is 1. The molecule has 3 aromatic rings. The number of ether oxygens (including phenoxy) is 3. The molecule has 2 fully saturated rings. The monoisotopic (exact) mass is 485 g/mol. The smallest absolute Gasteiger partial charge is 0.410 e. The highest BCUT2D eigenvalue weighted by Gasteiger charge is 2.48. The van der Waals surface area contributed by atoms with Crippen molar-refractivity contribution in [1.82, 2.24) is 4.90 Å². The zero-order valence-electron chi connectivity index (χ0n) is 20.2. The number of hydrogen-bond acceptors (Lipinski definition) is 5. The van der Waals surface area contributed by atoms with E-state index in [2.05, 4.69) is 24.3 Å². The molecule has 1 amide bonds. The highest BCUT2D eigenvalue weighted by atomic mass is 16.6. The molecule has 186 valence electrons. The second kappa shape index (κ2) is 9.60. The summed E-state index contributed by atoms with van der Waals surface area (Å²) in [6.07, 6.45) is 1.09. The van der Waals surface area contributed by atoms with Gasteiger partial charge in [-0.15, -0.1) is 0 Å². The van der Waals surface area contributed by atoms with Gasteiger partial charge in [-0.3, -0.25) is 4.90 Å². The van der Waals surface area contributed by atoms with Gasteiger partial charge in [-0.05, 0) is 47.2 Å². The second-order valence-corrected chi connectivity index (χ2v) is 10.1. The molecule has 6 heteroatoms. The number of aliphatic hydroxyl groups is 1. The van der Waals surface area contributed by atoms with Crippen molar-refractivity contribution in [2.75, 3.05) is 26.4 Å². The Kier molecular flexibility index (Phi) is 6.15. The van der Waals surface area contributed by atoms with Crippen molar-refractivity contribution in [3.05, 3.63) is 90.0 Å². The summed E-state index contributed by atoms with van der Waals surface area (Å²) in [5.41, 5.74) is 3.91. The molecule has 2 atom stereocenters. The van der Waals surface area contributed by atoms with Crippen LogP contribution in [0.25, 0.3) is 11.1 Å². The van der Waals surface area contributed by atoms with E-state index in [1.165, 1.54) is 22.3 Å². The fraction of sp³-hybridized carbons (Fsp3) is 0.367. The molecular formula is C30H31NO5. The lowest BCUT2D eigenvalue weighted by molar-refractivity contribution is -0.137. The van der Waals surface area contributed by atoms with Gasteiger partial charge in [0.1, 0.15) is 12.4 Å². The van der Waals surface area contributed by atoms with Gasteiger partial charge in [0, 0.05) is 12.3 Å². The molecule has 0 radical (unpaired) electrons. The first kappa shape index (κ1) is 23.1. The molecule has 2 heterocycles. The minimum absolute atomic E-state index is 0.0225. The van der Waals surface area contributed by atoms with Crippen molar-refractivity contribution < 1.29 is 24.1 Å². The van der Waals surface area contributed by atoms with E-state index < -0.39 is 5.60 Å². The summed E-state index contributed by atoms with van der Waals surface area (Å²) < 4.78 is 17.5. The Hall–Kier alpha value is -3.35. The maximum atomic E-state index is 13.3. The molecule has 0 saturated carbocycles. The minimum Gasteiger partial charge on any atom is -0.493 e. The molecule has 1 aliphatic carbocycles. The molecule has 6 rings (SSSR count). The number of amides is 1. The summed E-state index contributed by atoms with van der Waals surface area (Å²) in [5, 5.41) is 11.4. The third-order valence-corrected chi connectivity index (χ3v) is 7.76. The third kappa shape index (κ3) is 4.36. The fourth-order valence-electron chi connectivity index (χ4n) is 6.12. The van der Waals surface area contributed by atoms with E-state index in [9.17, 15) is 9.90 Å². The van der Waals surface area contributed by atoms with E-state index >= 15 is 0 Å². The molecule has 0 spiro atoms. The van der Waals surface area contributed by atoms with Crippen molar-refractivity contribution in [3.63, 3.8) is 0 Å². The van der Waals surface area contributed by atoms with E-state index in [1.807, 2.05) is 59.5 Å². The molecule has 2 unspecified atom stereocenters. The van der Waals surface area contributed by atoms with Gasteiger partial charge >= 0.3 is 6.09 Å². The van der Waals surface area contributed by atoms with E-state index in [0.717, 1.165) is 5.75 Å². The molecule has 36 heavy (non-hydrogen) atoms. The average molecular weight is 486 g/mol. The largest absolute Gasteiger partial charge is 0.493 e. The quantitative estimate of drug-likeness (QED) is 0.532. The number of morpholine rings is 1. The molecule has 2 aliphatic heterocycles. The molecule has 2 saturated heterocycles. The van der Waals surface area contributed by atoms with E-state index in [-0.39, 0.29) is 24.1 Å². The zero-order valence-corrected chi connectivity index (χ0v) is 20.2. The van der Waals surface area contributed by atoms with Crippen LogP contribution in [-0.2, 0) is 9.47 Å². The predicted molar refractivity (Wildman–Crippen MR) is 136 cm³/mol. The van der Waals surface area contributed by atoms with Gasteiger partial charge in [-0.1, -0.05) is 66.7 Å². The summed E-state index contributed by atoms with van der Waals surface area (Å²) >= 11 is 0. The predicted octanol–water partition coefficient (Wildman–Crippen LogP) is 5.00. The lowest BCUT2D eigenvalue weighted by atomic mass is 9.79. The highest BCUT2D eigenvalue weighted by molar-refractivity contribution is 5.79. The Morgan fingerprint density at radius 2 is 1.47 bits per heavy atom. The molecule has 3 aliphatic rings. The first-order valence-corrected chi connectivity index (χ1v) is 12.7. The van der Waals surface area contributed by atoms with Gasteiger partial charge in [-0.2, -0.15) is 0 Å². The van der Waals surface area contributed by atoms with Crippen molar-refractivity contribution in [1.29, 1.82) is 0 Å². The van der Waals surface area contributed by atoms with Crippen LogP contribution in [0.5, 0.6) is 5.75 Å². The Labute approximate surface area is 211 Å². The second-order valence-electron chi connectivity index (χ2n) is 10.1. The third-order valence-electron chi connectivity index (χ3n) is 7.76. The van der Waals surface area contributed by atoms with Crippen LogP contribution in [0.3, 0.4) is 0 Å². The SMILES string of the molecule is O=C(OCC1c2ccccc2-c2ccccc21)N1C2COCC1CC(O)(CCOc1ccccc1)C2. The summed E-state index contributed by atoms with van der Waals surface area (Å²) in [6, 6.07) is 25.9. The van der Waals surface area contributed by atoms with Crippen LogP contribution >= 0.6 is 0 Å². The lowest BCUT2D eigenvalue weighted by Crippen LogP contribution is -2.63. The lowest BCUT2D eigenvalue weighted by Gasteiger charge is -2.50. The van der Waals surface area contributed by atoms with Gasteiger partial charge in [0.05, 0.1) is 37.5 Å². The van der Waals surface area contributed by atoms with E-state index in [1.54, 1.807) is 0 Å². The first-order valence-electron chi connectivity index (χ1n) is 12.7. The fourth-order valence-corrected chi connectivity index (χ4v) is 6.12. The molecular weight excluding hydrogens is 454 g/mol. The molecule has 2 bridgehead atoms. The number of fused-ring (bicyclic) bond motifs is 5. The van der Waals surface area contributed by atoms with Crippen molar-refractivity contribution >= 4 is 6.09 Å². The van der Waals surface area contributed by atoms with Gasteiger partial charge < -0.3 is 19.3 Å². The number of benzene rings is 3. The van der Waals surface area contributed by atoms with Crippen molar-refractivity contribution in [2.45, 2.75) is 42.9 Å².